The highest BCUT2D eigenvalue weighted by atomic mass is 79.9. The summed E-state index contributed by atoms with van der Waals surface area (Å²) in [7, 11) is 0. The van der Waals surface area contributed by atoms with Crippen molar-refractivity contribution in [1.82, 2.24) is 9.78 Å². The molecule has 2 rings (SSSR count). The van der Waals surface area contributed by atoms with Crippen LogP contribution in [0.5, 0.6) is 5.75 Å². The van der Waals surface area contributed by atoms with E-state index in [1.54, 1.807) is 4.68 Å². The second-order valence-corrected chi connectivity index (χ2v) is 5.86. The molecule has 108 valence electrons. The predicted molar refractivity (Wildman–Crippen MR) is 78.7 cm³/mol. The molecule has 0 spiro atoms. The van der Waals surface area contributed by atoms with Gasteiger partial charge in [-0.1, -0.05) is 15.9 Å². The van der Waals surface area contributed by atoms with Crippen LogP contribution in [-0.4, -0.2) is 9.78 Å². The summed E-state index contributed by atoms with van der Waals surface area (Å²) in [6.45, 7) is 4.57. The maximum absolute atomic E-state index is 13.6. The highest BCUT2D eigenvalue weighted by Gasteiger charge is 2.15. The molecule has 0 aliphatic carbocycles. The Morgan fingerprint density at radius 1 is 1.30 bits per heavy atom. The van der Waals surface area contributed by atoms with Crippen molar-refractivity contribution >= 4 is 31.9 Å². The lowest BCUT2D eigenvalue weighted by Gasteiger charge is -2.10. The van der Waals surface area contributed by atoms with E-state index in [-0.39, 0.29) is 12.4 Å². The van der Waals surface area contributed by atoms with Crippen molar-refractivity contribution in [2.45, 2.75) is 27.0 Å². The van der Waals surface area contributed by atoms with Gasteiger partial charge in [0.05, 0.1) is 15.9 Å². The molecule has 0 amide bonds. The van der Waals surface area contributed by atoms with Crippen LogP contribution < -0.4 is 4.74 Å². The monoisotopic (exact) mass is 408 g/mol. The van der Waals surface area contributed by atoms with Gasteiger partial charge in [0.1, 0.15) is 6.61 Å². The molecule has 0 unspecified atom stereocenters. The lowest BCUT2D eigenvalue weighted by molar-refractivity contribution is 0.272. The Morgan fingerprint density at radius 3 is 2.65 bits per heavy atom. The highest BCUT2D eigenvalue weighted by Crippen LogP contribution is 2.28. The fraction of sp³-hybridized carbons (Fsp3) is 0.308. The molecule has 0 N–H and O–H groups in total. The molecule has 0 atom stereocenters. The summed E-state index contributed by atoms with van der Waals surface area (Å²) >= 11 is 6.53. The number of aryl methyl sites for hydroxylation is 2. The molecule has 7 heteroatoms. The topological polar surface area (TPSA) is 27.1 Å². The van der Waals surface area contributed by atoms with E-state index in [1.807, 2.05) is 13.8 Å². The van der Waals surface area contributed by atoms with Gasteiger partial charge in [-0.3, -0.25) is 4.68 Å². The molecular formula is C13H12Br2F2N2O. The fourth-order valence-electron chi connectivity index (χ4n) is 1.79. The molecular weight excluding hydrogens is 398 g/mol. The van der Waals surface area contributed by atoms with Crippen molar-refractivity contribution in [3.05, 3.63) is 44.1 Å². The number of nitrogens with zero attached hydrogens (tertiary/aromatic N) is 2. The van der Waals surface area contributed by atoms with E-state index in [0.29, 0.717) is 11.0 Å². The average molecular weight is 410 g/mol. The van der Waals surface area contributed by atoms with Gasteiger partial charge >= 0.3 is 0 Å². The first-order valence-corrected chi connectivity index (χ1v) is 7.51. The molecule has 0 aliphatic rings. The fourth-order valence-corrected chi connectivity index (χ4v) is 2.60. The van der Waals surface area contributed by atoms with Crippen molar-refractivity contribution in [2.24, 2.45) is 0 Å². The van der Waals surface area contributed by atoms with E-state index in [2.05, 4.69) is 37.0 Å². The molecule has 1 aromatic heterocycles. The molecule has 0 aliphatic heterocycles. The van der Waals surface area contributed by atoms with Crippen LogP contribution in [0.2, 0.25) is 0 Å². The standard InChI is InChI=1S/C13H12Br2F2N2O/c1-3-19-10(12(15)7(2)18-19)6-20-11-5-8(14)4-9(16)13(11)17/h4-5H,3,6H2,1-2H3. The Balaban J connectivity index is 2.25. The van der Waals surface area contributed by atoms with Gasteiger partial charge in [0, 0.05) is 11.0 Å². The van der Waals surface area contributed by atoms with Gasteiger partial charge in [-0.15, -0.1) is 0 Å². The minimum Gasteiger partial charge on any atom is -0.484 e. The number of halogens is 4. The van der Waals surface area contributed by atoms with Gasteiger partial charge in [-0.25, -0.2) is 4.39 Å². The first kappa shape index (κ1) is 15.4. The van der Waals surface area contributed by atoms with Crippen LogP contribution in [0.15, 0.2) is 21.1 Å². The van der Waals surface area contributed by atoms with Crippen molar-refractivity contribution in [3.8, 4) is 5.75 Å². The van der Waals surface area contributed by atoms with Gasteiger partial charge < -0.3 is 4.74 Å². The largest absolute Gasteiger partial charge is 0.484 e. The minimum atomic E-state index is -0.997. The molecule has 1 aromatic carbocycles. The van der Waals surface area contributed by atoms with Crippen LogP contribution in [0.25, 0.3) is 0 Å². The van der Waals surface area contributed by atoms with Crippen molar-refractivity contribution in [2.75, 3.05) is 0 Å². The Kier molecular flexibility index (Phi) is 4.80. The SMILES string of the molecule is CCn1nc(C)c(Br)c1COc1cc(Br)cc(F)c1F. The zero-order chi connectivity index (χ0) is 14.9. The van der Waals surface area contributed by atoms with Gasteiger partial charge in [0.2, 0.25) is 5.82 Å². The van der Waals surface area contributed by atoms with Crippen molar-refractivity contribution in [3.63, 3.8) is 0 Å². The molecule has 0 saturated carbocycles. The minimum absolute atomic E-state index is 0.0993. The lowest BCUT2D eigenvalue weighted by Crippen LogP contribution is -2.07. The number of benzene rings is 1. The molecule has 0 fully saturated rings. The number of hydrogen-bond acceptors (Lipinski definition) is 2. The van der Waals surface area contributed by atoms with Crippen LogP contribution >= 0.6 is 31.9 Å². The maximum atomic E-state index is 13.6. The third kappa shape index (κ3) is 3.03. The molecule has 0 radical (unpaired) electrons. The Bertz CT molecular complexity index is 644. The summed E-state index contributed by atoms with van der Waals surface area (Å²) < 4.78 is 35.3. The maximum Gasteiger partial charge on any atom is 0.200 e. The molecule has 0 bridgehead atoms. The number of ether oxygens (including phenoxy) is 1. The highest BCUT2D eigenvalue weighted by molar-refractivity contribution is 9.10. The zero-order valence-corrected chi connectivity index (χ0v) is 14.1. The summed E-state index contributed by atoms with van der Waals surface area (Å²) in [6, 6.07) is 2.45. The van der Waals surface area contributed by atoms with Gasteiger partial charge in [-0.2, -0.15) is 9.49 Å². The Morgan fingerprint density at radius 2 is 2.00 bits per heavy atom. The summed E-state index contributed by atoms with van der Waals surface area (Å²) in [6.07, 6.45) is 0. The second-order valence-electron chi connectivity index (χ2n) is 4.15. The second kappa shape index (κ2) is 6.22. The van der Waals surface area contributed by atoms with Crippen LogP contribution in [0.3, 0.4) is 0 Å². The van der Waals surface area contributed by atoms with Gasteiger partial charge in [0.15, 0.2) is 11.6 Å². The van der Waals surface area contributed by atoms with Crippen molar-refractivity contribution < 1.29 is 13.5 Å². The average Bonchev–Trinajstić information content (AvgIpc) is 2.68. The third-order valence-corrected chi connectivity index (χ3v) is 4.27. The Labute approximate surface area is 132 Å². The van der Waals surface area contributed by atoms with E-state index < -0.39 is 11.6 Å². The van der Waals surface area contributed by atoms with Gasteiger partial charge in [-0.05, 0) is 41.9 Å². The smallest absolute Gasteiger partial charge is 0.200 e. The zero-order valence-electron chi connectivity index (χ0n) is 10.9. The van der Waals surface area contributed by atoms with E-state index in [1.165, 1.54) is 6.07 Å². The molecule has 20 heavy (non-hydrogen) atoms. The Hall–Kier alpha value is -0.950. The first-order chi connectivity index (χ1) is 9.43. The lowest BCUT2D eigenvalue weighted by atomic mass is 10.3. The number of rotatable bonds is 4. The van der Waals surface area contributed by atoms with E-state index in [4.69, 9.17) is 4.74 Å². The first-order valence-electron chi connectivity index (χ1n) is 5.93. The van der Waals surface area contributed by atoms with Crippen LogP contribution in [-0.2, 0) is 13.2 Å². The van der Waals surface area contributed by atoms with Crippen molar-refractivity contribution in [1.29, 1.82) is 0 Å². The number of aromatic nitrogens is 2. The summed E-state index contributed by atoms with van der Waals surface area (Å²) in [5.41, 5.74) is 1.61. The van der Waals surface area contributed by atoms with E-state index in [0.717, 1.165) is 21.9 Å². The van der Waals surface area contributed by atoms with Crippen LogP contribution in [0.4, 0.5) is 8.78 Å². The van der Waals surface area contributed by atoms with Crippen LogP contribution in [0, 0.1) is 18.6 Å². The molecule has 2 aromatic rings. The summed E-state index contributed by atoms with van der Waals surface area (Å²) in [5, 5.41) is 4.31. The molecule has 1 heterocycles. The normalized spacial score (nSPS) is 10.9. The molecule has 0 saturated heterocycles. The summed E-state index contributed by atoms with van der Waals surface area (Å²) in [4.78, 5) is 0. The quantitative estimate of drug-likeness (QED) is 0.690. The molecule has 3 nitrogen and oxygen atoms in total. The predicted octanol–water partition coefficient (Wildman–Crippen LogP) is 4.59. The van der Waals surface area contributed by atoms with E-state index >= 15 is 0 Å². The summed E-state index contributed by atoms with van der Waals surface area (Å²) in [5.74, 6) is -2.08. The number of hydrogen-bond donors (Lipinski definition) is 0. The van der Waals surface area contributed by atoms with Crippen LogP contribution in [0.1, 0.15) is 18.3 Å². The third-order valence-electron chi connectivity index (χ3n) is 2.78. The van der Waals surface area contributed by atoms with Gasteiger partial charge in [0.25, 0.3) is 0 Å². The van der Waals surface area contributed by atoms with E-state index in [9.17, 15) is 8.78 Å².